The molecule has 2 rings (SSSR count). The van der Waals surface area contributed by atoms with E-state index in [1.54, 1.807) is 18.3 Å². The molecule has 1 aliphatic rings. The zero-order chi connectivity index (χ0) is 11.4. The first kappa shape index (κ1) is 11.5. The number of carbonyl (C=O) groups is 1. The van der Waals surface area contributed by atoms with Crippen LogP contribution in [0, 0.1) is 0 Å². The van der Waals surface area contributed by atoms with Gasteiger partial charge in [-0.1, -0.05) is 0 Å². The fraction of sp³-hybridized carbons (Fsp3) is 0.455. The van der Waals surface area contributed by atoms with Crippen LogP contribution in [0.3, 0.4) is 0 Å². The number of rotatable bonds is 2. The van der Waals surface area contributed by atoms with Gasteiger partial charge in [0.25, 0.3) is 5.91 Å². The topological polar surface area (TPSA) is 51.2 Å². The van der Waals surface area contributed by atoms with Crippen molar-refractivity contribution in [2.75, 3.05) is 13.2 Å². The van der Waals surface area contributed by atoms with E-state index in [0.29, 0.717) is 10.2 Å². The van der Waals surface area contributed by atoms with Gasteiger partial charge in [0, 0.05) is 25.5 Å². The molecule has 4 nitrogen and oxygen atoms in total. The fourth-order valence-electron chi connectivity index (χ4n) is 1.66. The molecule has 5 heteroatoms. The van der Waals surface area contributed by atoms with Gasteiger partial charge in [-0.25, -0.2) is 4.98 Å². The highest BCUT2D eigenvalue weighted by Gasteiger charge is 2.18. The predicted molar refractivity (Wildman–Crippen MR) is 63.2 cm³/mol. The summed E-state index contributed by atoms with van der Waals surface area (Å²) in [7, 11) is 0. The summed E-state index contributed by atoms with van der Waals surface area (Å²) in [5.74, 6) is -0.0770. The molecular weight excluding hydrogens is 272 g/mol. The van der Waals surface area contributed by atoms with Gasteiger partial charge in [-0.15, -0.1) is 0 Å². The monoisotopic (exact) mass is 284 g/mol. The molecule has 0 aromatic carbocycles. The van der Waals surface area contributed by atoms with Crippen molar-refractivity contribution in [3.8, 4) is 0 Å². The molecule has 1 aliphatic heterocycles. The van der Waals surface area contributed by atoms with Crippen LogP contribution in [0.5, 0.6) is 0 Å². The third kappa shape index (κ3) is 2.80. The maximum Gasteiger partial charge on any atom is 0.254 e. The molecule has 0 bridgehead atoms. The summed E-state index contributed by atoms with van der Waals surface area (Å²) in [5.41, 5.74) is 0.578. The molecule has 0 spiro atoms. The number of nitrogens with one attached hydrogen (secondary N) is 1. The molecule has 16 heavy (non-hydrogen) atoms. The minimum Gasteiger partial charge on any atom is -0.381 e. The Hall–Kier alpha value is -0.940. The lowest BCUT2D eigenvalue weighted by atomic mass is 10.1. The van der Waals surface area contributed by atoms with Crippen molar-refractivity contribution >= 4 is 21.8 Å². The average molecular weight is 285 g/mol. The number of amides is 1. The van der Waals surface area contributed by atoms with Crippen molar-refractivity contribution < 1.29 is 9.53 Å². The van der Waals surface area contributed by atoms with Crippen LogP contribution in [0.2, 0.25) is 0 Å². The lowest BCUT2D eigenvalue weighted by Crippen LogP contribution is -2.39. The molecule has 1 saturated heterocycles. The highest BCUT2D eigenvalue weighted by Crippen LogP contribution is 2.14. The second-order valence-electron chi connectivity index (χ2n) is 3.70. The fourth-order valence-corrected chi connectivity index (χ4v) is 2.09. The van der Waals surface area contributed by atoms with E-state index in [2.05, 4.69) is 26.2 Å². The van der Waals surface area contributed by atoms with Gasteiger partial charge in [-0.2, -0.15) is 0 Å². The van der Waals surface area contributed by atoms with Gasteiger partial charge < -0.3 is 10.1 Å². The number of aromatic nitrogens is 1. The van der Waals surface area contributed by atoms with E-state index in [9.17, 15) is 4.79 Å². The number of ether oxygens (including phenoxy) is 1. The van der Waals surface area contributed by atoms with Crippen LogP contribution in [0.1, 0.15) is 23.2 Å². The van der Waals surface area contributed by atoms with Crippen molar-refractivity contribution in [1.82, 2.24) is 10.3 Å². The van der Waals surface area contributed by atoms with Crippen LogP contribution in [0.25, 0.3) is 0 Å². The number of nitrogens with zero attached hydrogens (tertiary/aromatic N) is 1. The number of halogens is 1. The minimum atomic E-state index is -0.0770. The number of carbonyl (C=O) groups excluding carboxylic acids is 1. The van der Waals surface area contributed by atoms with Crippen LogP contribution >= 0.6 is 15.9 Å². The zero-order valence-corrected chi connectivity index (χ0v) is 10.4. The second kappa shape index (κ2) is 5.41. The Morgan fingerprint density at radius 1 is 1.50 bits per heavy atom. The lowest BCUT2D eigenvalue weighted by molar-refractivity contribution is 0.0696. The molecule has 0 atom stereocenters. The summed E-state index contributed by atoms with van der Waals surface area (Å²) in [5, 5.41) is 2.99. The Balaban J connectivity index is 2.00. The van der Waals surface area contributed by atoms with Gasteiger partial charge >= 0.3 is 0 Å². The number of hydrogen-bond acceptors (Lipinski definition) is 3. The molecular formula is C11H13BrN2O2. The second-order valence-corrected chi connectivity index (χ2v) is 4.45. The van der Waals surface area contributed by atoms with Crippen molar-refractivity contribution in [3.63, 3.8) is 0 Å². The Morgan fingerprint density at radius 2 is 2.25 bits per heavy atom. The standard InChI is InChI=1S/C11H13BrN2O2/c12-10-9(2-1-5-13-10)11(15)14-8-3-6-16-7-4-8/h1-2,5,8H,3-4,6-7H2,(H,14,15). The number of hydrogen-bond donors (Lipinski definition) is 1. The summed E-state index contributed by atoms with van der Waals surface area (Å²) in [4.78, 5) is 15.9. The van der Waals surface area contributed by atoms with E-state index < -0.39 is 0 Å². The van der Waals surface area contributed by atoms with E-state index in [0.717, 1.165) is 26.1 Å². The third-order valence-corrected chi connectivity index (χ3v) is 3.19. The van der Waals surface area contributed by atoms with Crippen LogP contribution in [0.15, 0.2) is 22.9 Å². The summed E-state index contributed by atoms with van der Waals surface area (Å²) in [6.45, 7) is 1.44. The molecule has 0 aliphatic carbocycles. The first-order valence-electron chi connectivity index (χ1n) is 5.26. The van der Waals surface area contributed by atoms with E-state index in [1.165, 1.54) is 0 Å². The third-order valence-electron chi connectivity index (χ3n) is 2.56. The molecule has 0 saturated carbocycles. The highest BCUT2D eigenvalue weighted by atomic mass is 79.9. The highest BCUT2D eigenvalue weighted by molar-refractivity contribution is 9.10. The quantitative estimate of drug-likeness (QED) is 0.842. The average Bonchev–Trinajstić information content (AvgIpc) is 2.31. The smallest absolute Gasteiger partial charge is 0.254 e. The van der Waals surface area contributed by atoms with Crippen LogP contribution < -0.4 is 5.32 Å². The maximum absolute atomic E-state index is 11.9. The molecule has 86 valence electrons. The summed E-state index contributed by atoms with van der Waals surface area (Å²) in [6.07, 6.45) is 3.41. The predicted octanol–water partition coefficient (Wildman–Crippen LogP) is 1.75. The molecule has 1 amide bonds. The van der Waals surface area contributed by atoms with E-state index in [4.69, 9.17) is 4.74 Å². The Morgan fingerprint density at radius 3 is 2.94 bits per heavy atom. The van der Waals surface area contributed by atoms with Gasteiger partial charge in [0.15, 0.2) is 0 Å². The van der Waals surface area contributed by atoms with E-state index in [1.807, 2.05) is 0 Å². The first-order chi connectivity index (χ1) is 7.77. The van der Waals surface area contributed by atoms with Crippen LogP contribution in [-0.4, -0.2) is 30.1 Å². The summed E-state index contributed by atoms with van der Waals surface area (Å²) < 4.78 is 5.82. The van der Waals surface area contributed by atoms with Gasteiger partial charge in [-0.3, -0.25) is 4.79 Å². The van der Waals surface area contributed by atoms with E-state index >= 15 is 0 Å². The normalized spacial score (nSPS) is 17.1. The minimum absolute atomic E-state index is 0.0770. The summed E-state index contributed by atoms with van der Waals surface area (Å²) >= 11 is 3.27. The molecule has 1 aromatic heterocycles. The van der Waals surface area contributed by atoms with Crippen molar-refractivity contribution in [2.45, 2.75) is 18.9 Å². The van der Waals surface area contributed by atoms with Gasteiger partial charge in [0.05, 0.1) is 5.56 Å². The molecule has 1 aromatic rings. The van der Waals surface area contributed by atoms with Crippen LogP contribution in [-0.2, 0) is 4.74 Å². The Labute approximate surface area is 103 Å². The molecule has 0 unspecified atom stereocenters. The van der Waals surface area contributed by atoms with Gasteiger partial charge in [-0.05, 0) is 40.9 Å². The molecule has 1 fully saturated rings. The Kier molecular flexibility index (Phi) is 3.90. The largest absolute Gasteiger partial charge is 0.381 e. The zero-order valence-electron chi connectivity index (χ0n) is 8.78. The SMILES string of the molecule is O=C(NC1CCOCC1)c1cccnc1Br. The first-order valence-corrected chi connectivity index (χ1v) is 6.06. The van der Waals surface area contributed by atoms with Gasteiger partial charge in [0.1, 0.15) is 4.60 Å². The lowest BCUT2D eigenvalue weighted by Gasteiger charge is -2.23. The Bertz CT molecular complexity index is 378. The maximum atomic E-state index is 11.9. The molecule has 0 radical (unpaired) electrons. The number of pyridine rings is 1. The van der Waals surface area contributed by atoms with Crippen molar-refractivity contribution in [2.24, 2.45) is 0 Å². The van der Waals surface area contributed by atoms with Crippen molar-refractivity contribution in [1.29, 1.82) is 0 Å². The van der Waals surface area contributed by atoms with Crippen LogP contribution in [0.4, 0.5) is 0 Å². The molecule has 2 heterocycles. The van der Waals surface area contributed by atoms with E-state index in [-0.39, 0.29) is 11.9 Å². The summed E-state index contributed by atoms with van der Waals surface area (Å²) in [6, 6.07) is 3.73. The van der Waals surface area contributed by atoms with Crippen molar-refractivity contribution in [3.05, 3.63) is 28.5 Å². The van der Waals surface area contributed by atoms with Gasteiger partial charge in [0.2, 0.25) is 0 Å². The molecule has 1 N–H and O–H groups in total.